The maximum atomic E-state index is 13.1. The second kappa shape index (κ2) is 4.37. The van der Waals surface area contributed by atoms with Crippen molar-refractivity contribution < 1.29 is 18.6 Å². The average Bonchev–Trinajstić information content (AvgIpc) is 2.35. The zero-order valence-corrected chi connectivity index (χ0v) is 8.95. The van der Waals surface area contributed by atoms with Crippen LogP contribution in [-0.4, -0.2) is 17.2 Å². The van der Waals surface area contributed by atoms with Crippen molar-refractivity contribution in [1.82, 2.24) is 4.98 Å². The Morgan fingerprint density at radius 2 is 1.94 bits per heavy atom. The number of pyridine rings is 1. The van der Waals surface area contributed by atoms with Gasteiger partial charge in [-0.1, -0.05) is 0 Å². The van der Waals surface area contributed by atoms with Gasteiger partial charge in [0, 0.05) is 12.3 Å². The maximum absolute atomic E-state index is 13.1. The summed E-state index contributed by atoms with van der Waals surface area (Å²) < 4.78 is 31.0. The molecular weight excluding hydrogens is 228 g/mol. The normalized spacial score (nSPS) is 10.3. The molecule has 0 amide bonds. The van der Waals surface area contributed by atoms with Crippen LogP contribution in [0.2, 0.25) is 0 Å². The first-order valence-corrected chi connectivity index (χ1v) is 4.80. The van der Waals surface area contributed by atoms with Crippen molar-refractivity contribution in [2.24, 2.45) is 0 Å². The van der Waals surface area contributed by atoms with Crippen LogP contribution in [0.15, 0.2) is 30.5 Å². The Labute approximate surface area is 96.3 Å². The highest BCUT2D eigenvalue weighted by Gasteiger charge is 2.11. The molecule has 1 aromatic carbocycles. The number of ether oxygens (including phenoxy) is 1. The smallest absolute Gasteiger partial charge is 0.213 e. The Morgan fingerprint density at radius 3 is 2.59 bits per heavy atom. The third-order valence-corrected chi connectivity index (χ3v) is 2.29. The third kappa shape index (κ3) is 2.18. The molecule has 17 heavy (non-hydrogen) atoms. The number of hydrogen-bond donors (Lipinski definition) is 1. The summed E-state index contributed by atoms with van der Waals surface area (Å²) >= 11 is 0. The van der Waals surface area contributed by atoms with Crippen LogP contribution in [0.4, 0.5) is 8.78 Å². The van der Waals surface area contributed by atoms with Crippen molar-refractivity contribution >= 4 is 0 Å². The van der Waals surface area contributed by atoms with Gasteiger partial charge in [0.2, 0.25) is 5.88 Å². The van der Waals surface area contributed by atoms with E-state index in [1.165, 1.54) is 13.3 Å². The minimum Gasteiger partial charge on any atom is -0.505 e. The summed E-state index contributed by atoms with van der Waals surface area (Å²) in [7, 11) is 1.45. The Bertz CT molecular complexity index is 535. The number of aromatic nitrogens is 1. The molecule has 0 aliphatic carbocycles. The molecule has 1 N–H and O–H groups in total. The second-order valence-electron chi connectivity index (χ2n) is 3.38. The van der Waals surface area contributed by atoms with Gasteiger partial charge in [0.1, 0.15) is 0 Å². The van der Waals surface area contributed by atoms with E-state index in [1.807, 2.05) is 0 Å². The van der Waals surface area contributed by atoms with Crippen LogP contribution in [0.25, 0.3) is 11.1 Å². The van der Waals surface area contributed by atoms with E-state index in [0.29, 0.717) is 17.0 Å². The molecule has 0 saturated heterocycles. The SMILES string of the molecule is COc1cc(-c2cc(O)c(F)c(F)c2)ccn1. The van der Waals surface area contributed by atoms with Crippen LogP contribution in [0, 0.1) is 11.6 Å². The molecule has 5 heteroatoms. The monoisotopic (exact) mass is 237 g/mol. The van der Waals surface area contributed by atoms with Crippen molar-refractivity contribution in [2.45, 2.75) is 0 Å². The number of nitrogens with zero attached hydrogens (tertiary/aromatic N) is 1. The topological polar surface area (TPSA) is 42.4 Å². The summed E-state index contributed by atoms with van der Waals surface area (Å²) in [5.41, 5.74) is 0.924. The van der Waals surface area contributed by atoms with Gasteiger partial charge >= 0.3 is 0 Å². The lowest BCUT2D eigenvalue weighted by molar-refractivity contribution is 0.398. The van der Waals surface area contributed by atoms with Crippen LogP contribution in [0.1, 0.15) is 0 Å². The van der Waals surface area contributed by atoms with E-state index in [-0.39, 0.29) is 0 Å². The van der Waals surface area contributed by atoms with Crippen LogP contribution >= 0.6 is 0 Å². The lowest BCUT2D eigenvalue weighted by Gasteiger charge is -2.05. The third-order valence-electron chi connectivity index (χ3n) is 2.29. The molecule has 1 aromatic heterocycles. The Hall–Kier alpha value is -2.17. The summed E-state index contributed by atoms with van der Waals surface area (Å²) in [6, 6.07) is 5.32. The molecule has 0 spiro atoms. The van der Waals surface area contributed by atoms with Gasteiger partial charge in [0.15, 0.2) is 17.4 Å². The van der Waals surface area contributed by atoms with Gasteiger partial charge < -0.3 is 9.84 Å². The number of benzene rings is 1. The van der Waals surface area contributed by atoms with Gasteiger partial charge in [-0.05, 0) is 29.3 Å². The van der Waals surface area contributed by atoms with Gasteiger partial charge in [0.25, 0.3) is 0 Å². The molecule has 0 unspecified atom stereocenters. The minimum absolute atomic E-state index is 0.349. The summed E-state index contributed by atoms with van der Waals surface area (Å²) in [4.78, 5) is 3.89. The number of hydrogen-bond acceptors (Lipinski definition) is 3. The zero-order valence-electron chi connectivity index (χ0n) is 8.95. The Kier molecular flexibility index (Phi) is 2.91. The average molecular weight is 237 g/mol. The molecule has 0 aliphatic rings. The van der Waals surface area contributed by atoms with E-state index in [4.69, 9.17) is 4.74 Å². The molecule has 0 aliphatic heterocycles. The molecular formula is C12H9F2NO2. The van der Waals surface area contributed by atoms with Crippen LogP contribution in [-0.2, 0) is 0 Å². The summed E-state index contributed by atoms with van der Waals surface area (Å²) in [5, 5.41) is 9.21. The van der Waals surface area contributed by atoms with Crippen LogP contribution in [0.5, 0.6) is 11.6 Å². The molecule has 2 aromatic rings. The first-order chi connectivity index (χ1) is 8.11. The van der Waals surface area contributed by atoms with Crippen LogP contribution in [0.3, 0.4) is 0 Å². The number of aromatic hydroxyl groups is 1. The number of phenolic OH excluding ortho intramolecular Hbond substituents is 1. The van der Waals surface area contributed by atoms with Gasteiger partial charge in [-0.3, -0.25) is 0 Å². The highest BCUT2D eigenvalue weighted by molar-refractivity contribution is 5.65. The van der Waals surface area contributed by atoms with E-state index >= 15 is 0 Å². The first-order valence-electron chi connectivity index (χ1n) is 4.80. The molecule has 3 nitrogen and oxygen atoms in total. The summed E-state index contributed by atoms with van der Waals surface area (Å²) in [6.07, 6.45) is 1.48. The van der Waals surface area contributed by atoms with Crippen molar-refractivity contribution in [1.29, 1.82) is 0 Å². The van der Waals surface area contributed by atoms with E-state index in [2.05, 4.69) is 4.98 Å². The fraction of sp³-hybridized carbons (Fsp3) is 0.0833. The van der Waals surface area contributed by atoms with E-state index in [0.717, 1.165) is 12.1 Å². The van der Waals surface area contributed by atoms with Gasteiger partial charge in [-0.15, -0.1) is 0 Å². The van der Waals surface area contributed by atoms with Crippen molar-refractivity contribution in [3.63, 3.8) is 0 Å². The zero-order chi connectivity index (χ0) is 12.4. The standard InChI is InChI=1S/C12H9F2NO2/c1-17-11-6-7(2-3-15-11)8-4-9(13)12(14)10(16)5-8/h2-6,16H,1H3. The Morgan fingerprint density at radius 1 is 1.18 bits per heavy atom. The molecule has 0 bridgehead atoms. The van der Waals surface area contributed by atoms with Crippen molar-refractivity contribution in [2.75, 3.05) is 7.11 Å². The molecule has 88 valence electrons. The van der Waals surface area contributed by atoms with E-state index in [1.54, 1.807) is 12.1 Å². The molecule has 0 atom stereocenters. The number of phenols is 1. The molecule has 0 radical (unpaired) electrons. The van der Waals surface area contributed by atoms with Crippen molar-refractivity contribution in [3.05, 3.63) is 42.1 Å². The van der Waals surface area contributed by atoms with Gasteiger partial charge in [0.05, 0.1) is 7.11 Å². The number of halogens is 2. The van der Waals surface area contributed by atoms with Gasteiger partial charge in [-0.2, -0.15) is 4.39 Å². The fourth-order valence-corrected chi connectivity index (χ4v) is 1.44. The summed E-state index contributed by atoms with van der Waals surface area (Å²) in [6.45, 7) is 0. The second-order valence-corrected chi connectivity index (χ2v) is 3.38. The lowest BCUT2D eigenvalue weighted by Crippen LogP contribution is -1.90. The quantitative estimate of drug-likeness (QED) is 0.873. The highest BCUT2D eigenvalue weighted by Crippen LogP contribution is 2.28. The molecule has 1 heterocycles. The fourth-order valence-electron chi connectivity index (χ4n) is 1.44. The van der Waals surface area contributed by atoms with Crippen LogP contribution < -0.4 is 4.74 Å². The predicted octanol–water partition coefficient (Wildman–Crippen LogP) is 2.74. The highest BCUT2D eigenvalue weighted by atomic mass is 19.2. The first kappa shape index (κ1) is 11.3. The van der Waals surface area contributed by atoms with Gasteiger partial charge in [-0.25, -0.2) is 9.37 Å². The number of methoxy groups -OCH3 is 1. The van der Waals surface area contributed by atoms with Crippen molar-refractivity contribution in [3.8, 4) is 22.8 Å². The molecule has 2 rings (SSSR count). The maximum Gasteiger partial charge on any atom is 0.213 e. The number of rotatable bonds is 2. The lowest BCUT2D eigenvalue weighted by atomic mass is 10.1. The molecule has 0 fully saturated rings. The van der Waals surface area contributed by atoms with E-state index in [9.17, 15) is 13.9 Å². The predicted molar refractivity (Wildman–Crippen MR) is 57.8 cm³/mol. The minimum atomic E-state index is -1.25. The molecule has 0 saturated carbocycles. The van der Waals surface area contributed by atoms with E-state index < -0.39 is 17.4 Å². The summed E-state index contributed by atoms with van der Waals surface area (Å²) in [5.74, 6) is -2.73. The largest absolute Gasteiger partial charge is 0.505 e. The Balaban J connectivity index is 2.52.